The fourth-order valence-corrected chi connectivity index (χ4v) is 3.25. The summed E-state index contributed by atoms with van der Waals surface area (Å²) in [7, 11) is 1.94. The first kappa shape index (κ1) is 13.2. The second kappa shape index (κ2) is 5.68. The zero-order valence-corrected chi connectivity index (χ0v) is 12.6. The Hall–Kier alpha value is -1.80. The van der Waals surface area contributed by atoms with E-state index in [9.17, 15) is 0 Å². The van der Waals surface area contributed by atoms with Gasteiger partial charge in [-0.25, -0.2) is 4.98 Å². The first-order valence-electron chi connectivity index (χ1n) is 6.08. The third-order valence-electron chi connectivity index (χ3n) is 2.72. The van der Waals surface area contributed by atoms with Crippen molar-refractivity contribution in [1.82, 2.24) is 29.1 Å². The van der Waals surface area contributed by atoms with E-state index in [-0.39, 0.29) is 0 Å². The van der Waals surface area contributed by atoms with Gasteiger partial charge < -0.3 is 4.57 Å². The molecule has 3 aromatic rings. The Labute approximate surface area is 124 Å². The average Bonchev–Trinajstić information content (AvgIpc) is 3.08. The number of nitrogens with zero attached hydrogens (tertiary/aromatic N) is 6. The molecule has 20 heavy (non-hydrogen) atoms. The van der Waals surface area contributed by atoms with E-state index in [2.05, 4.69) is 24.5 Å². The molecule has 0 saturated carbocycles. The van der Waals surface area contributed by atoms with Gasteiger partial charge in [-0.3, -0.25) is 4.98 Å². The van der Waals surface area contributed by atoms with Gasteiger partial charge in [0.25, 0.3) is 0 Å². The maximum absolute atomic E-state index is 4.43. The van der Waals surface area contributed by atoms with E-state index in [0.29, 0.717) is 0 Å². The van der Waals surface area contributed by atoms with Crippen LogP contribution in [0, 0.1) is 0 Å². The molecule has 0 N–H and O–H groups in total. The van der Waals surface area contributed by atoms with E-state index in [0.717, 1.165) is 33.1 Å². The van der Waals surface area contributed by atoms with Crippen molar-refractivity contribution in [1.29, 1.82) is 0 Å². The predicted molar refractivity (Wildman–Crippen MR) is 77.6 cm³/mol. The van der Waals surface area contributed by atoms with Gasteiger partial charge in [0, 0.05) is 31.4 Å². The highest BCUT2D eigenvalue weighted by atomic mass is 32.2. The lowest BCUT2D eigenvalue weighted by atomic mass is 10.2. The molecule has 0 aliphatic heterocycles. The van der Waals surface area contributed by atoms with Gasteiger partial charge in [-0.1, -0.05) is 6.92 Å². The van der Waals surface area contributed by atoms with Gasteiger partial charge in [-0.05, 0) is 35.4 Å². The fourth-order valence-electron chi connectivity index (χ4n) is 1.66. The average molecular weight is 304 g/mol. The molecule has 0 aliphatic rings. The Kier molecular flexibility index (Phi) is 3.75. The second-order valence-corrected chi connectivity index (χ2v) is 6.00. The molecule has 0 aliphatic carbocycles. The quantitative estimate of drug-likeness (QED) is 0.737. The van der Waals surface area contributed by atoms with Crippen LogP contribution < -0.4 is 0 Å². The van der Waals surface area contributed by atoms with Crippen LogP contribution in [-0.4, -0.2) is 29.1 Å². The summed E-state index contributed by atoms with van der Waals surface area (Å²) in [6.07, 6.45) is 4.34. The number of pyridine rings is 1. The van der Waals surface area contributed by atoms with Crippen molar-refractivity contribution in [3.63, 3.8) is 0 Å². The molecule has 0 aromatic carbocycles. The van der Waals surface area contributed by atoms with E-state index in [4.69, 9.17) is 0 Å². The van der Waals surface area contributed by atoms with Gasteiger partial charge in [-0.15, -0.1) is 10.2 Å². The van der Waals surface area contributed by atoms with E-state index >= 15 is 0 Å². The number of rotatable bonds is 4. The lowest BCUT2D eigenvalue weighted by Crippen LogP contribution is -1.94. The highest BCUT2D eigenvalue weighted by Gasteiger charge is 2.14. The number of hydrogen-bond donors (Lipinski definition) is 0. The molecule has 0 bridgehead atoms. The van der Waals surface area contributed by atoms with Crippen molar-refractivity contribution < 1.29 is 0 Å². The standard InChI is InChI=1S/C12H12N6S2/c1-3-9-14-12(20-17-9)19-11-16-15-10(18(11)2)8-4-6-13-7-5-8/h4-7H,3H2,1-2H3. The molecular weight excluding hydrogens is 292 g/mol. The fraction of sp³-hybridized carbons (Fsp3) is 0.250. The van der Waals surface area contributed by atoms with Crippen molar-refractivity contribution in [2.45, 2.75) is 22.8 Å². The summed E-state index contributed by atoms with van der Waals surface area (Å²) in [5.74, 6) is 1.68. The normalized spacial score (nSPS) is 10.9. The van der Waals surface area contributed by atoms with Crippen molar-refractivity contribution >= 4 is 23.3 Å². The van der Waals surface area contributed by atoms with E-state index < -0.39 is 0 Å². The smallest absolute Gasteiger partial charge is 0.198 e. The molecular formula is C12H12N6S2. The van der Waals surface area contributed by atoms with Gasteiger partial charge in [0.2, 0.25) is 0 Å². The molecule has 0 fully saturated rings. The van der Waals surface area contributed by atoms with Crippen LogP contribution in [0.4, 0.5) is 0 Å². The van der Waals surface area contributed by atoms with Gasteiger partial charge in [0.05, 0.1) is 0 Å². The summed E-state index contributed by atoms with van der Waals surface area (Å²) in [6.45, 7) is 2.04. The van der Waals surface area contributed by atoms with E-state index in [1.165, 1.54) is 23.3 Å². The highest BCUT2D eigenvalue weighted by molar-refractivity contribution is 8.00. The molecule has 3 rings (SSSR count). The Balaban J connectivity index is 1.87. The summed E-state index contributed by atoms with van der Waals surface area (Å²) >= 11 is 2.88. The van der Waals surface area contributed by atoms with Crippen molar-refractivity contribution in [2.75, 3.05) is 0 Å². The molecule has 0 amide bonds. The summed E-state index contributed by atoms with van der Waals surface area (Å²) in [4.78, 5) is 8.43. The molecule has 0 spiro atoms. The molecule has 0 saturated heterocycles. The minimum Gasteiger partial charge on any atom is -0.305 e. The Morgan fingerprint density at radius 3 is 2.75 bits per heavy atom. The maximum Gasteiger partial charge on any atom is 0.198 e. The first-order valence-corrected chi connectivity index (χ1v) is 7.67. The molecule has 0 atom stereocenters. The monoisotopic (exact) mass is 304 g/mol. The van der Waals surface area contributed by atoms with Gasteiger partial charge in [0.1, 0.15) is 5.82 Å². The summed E-state index contributed by atoms with van der Waals surface area (Å²) in [6, 6.07) is 3.83. The summed E-state index contributed by atoms with van der Waals surface area (Å²) in [5, 5.41) is 9.25. The Morgan fingerprint density at radius 2 is 2.05 bits per heavy atom. The lowest BCUT2D eigenvalue weighted by Gasteiger charge is -2.01. The van der Waals surface area contributed by atoms with Crippen LogP contribution in [0.3, 0.4) is 0 Å². The molecule has 0 unspecified atom stereocenters. The van der Waals surface area contributed by atoms with Crippen LogP contribution in [0.5, 0.6) is 0 Å². The van der Waals surface area contributed by atoms with Crippen LogP contribution in [0.2, 0.25) is 0 Å². The minimum atomic E-state index is 0.801. The molecule has 8 heteroatoms. The van der Waals surface area contributed by atoms with E-state index in [1.807, 2.05) is 30.7 Å². The minimum absolute atomic E-state index is 0.801. The van der Waals surface area contributed by atoms with E-state index in [1.54, 1.807) is 12.4 Å². The molecule has 3 aromatic heterocycles. The van der Waals surface area contributed by atoms with Crippen LogP contribution >= 0.6 is 23.3 Å². The summed E-state index contributed by atoms with van der Waals surface area (Å²) < 4.78 is 7.11. The summed E-state index contributed by atoms with van der Waals surface area (Å²) in [5.41, 5.74) is 0.994. The van der Waals surface area contributed by atoms with Crippen LogP contribution in [-0.2, 0) is 13.5 Å². The largest absolute Gasteiger partial charge is 0.305 e. The predicted octanol–water partition coefficient (Wildman–Crippen LogP) is 2.44. The zero-order chi connectivity index (χ0) is 13.9. The van der Waals surface area contributed by atoms with Crippen molar-refractivity contribution in [2.24, 2.45) is 7.05 Å². The number of aryl methyl sites for hydroxylation is 1. The zero-order valence-electron chi connectivity index (χ0n) is 11.0. The van der Waals surface area contributed by atoms with Crippen molar-refractivity contribution in [3.05, 3.63) is 30.4 Å². The molecule has 102 valence electrons. The van der Waals surface area contributed by atoms with Crippen LogP contribution in [0.1, 0.15) is 12.7 Å². The number of hydrogen-bond acceptors (Lipinski definition) is 7. The number of aromatic nitrogens is 6. The Morgan fingerprint density at radius 1 is 1.25 bits per heavy atom. The third-order valence-corrected chi connectivity index (χ3v) is 4.54. The van der Waals surface area contributed by atoms with Crippen LogP contribution in [0.15, 0.2) is 34.0 Å². The second-order valence-electron chi connectivity index (χ2n) is 4.03. The molecule has 3 heterocycles. The van der Waals surface area contributed by atoms with Gasteiger partial charge in [0.15, 0.2) is 15.3 Å². The molecule has 0 radical (unpaired) electrons. The Bertz CT molecular complexity index is 706. The van der Waals surface area contributed by atoms with Crippen LogP contribution in [0.25, 0.3) is 11.4 Å². The van der Waals surface area contributed by atoms with Gasteiger partial charge in [-0.2, -0.15) is 4.37 Å². The topological polar surface area (TPSA) is 69.4 Å². The molecule has 6 nitrogen and oxygen atoms in total. The lowest BCUT2D eigenvalue weighted by molar-refractivity contribution is 0.793. The maximum atomic E-state index is 4.43. The highest BCUT2D eigenvalue weighted by Crippen LogP contribution is 2.29. The SMILES string of the molecule is CCc1nsc(Sc2nnc(-c3ccncc3)n2C)n1. The van der Waals surface area contributed by atoms with Crippen molar-refractivity contribution in [3.8, 4) is 11.4 Å². The first-order chi connectivity index (χ1) is 9.78. The third kappa shape index (κ3) is 2.56. The van der Waals surface area contributed by atoms with Gasteiger partial charge >= 0.3 is 0 Å².